The lowest BCUT2D eigenvalue weighted by Crippen LogP contribution is -2.28. The standard InChI is InChI=1S/C23H17Cl2N3O2S/c24-18-9-6-17(20(25)12-18)13-26-27-22(30)15-7-10-19(11-8-15)28-21(29)14-31-23(28)16-4-2-1-3-5-16/h1-13,23H,14H2,(H,27,30)/b26-13-/t23-/m0/s1. The molecule has 3 aromatic carbocycles. The summed E-state index contributed by atoms with van der Waals surface area (Å²) in [5.74, 6) is 0.0964. The van der Waals surface area contributed by atoms with Crippen molar-refractivity contribution < 1.29 is 9.59 Å². The number of carbonyl (C=O) groups is 2. The molecule has 1 heterocycles. The summed E-state index contributed by atoms with van der Waals surface area (Å²) >= 11 is 13.5. The fraction of sp³-hybridized carbons (Fsp3) is 0.0870. The molecule has 0 bridgehead atoms. The fourth-order valence-electron chi connectivity index (χ4n) is 3.17. The number of benzene rings is 3. The zero-order chi connectivity index (χ0) is 21.8. The molecule has 1 aliphatic heterocycles. The molecule has 1 aliphatic rings. The molecular weight excluding hydrogens is 453 g/mol. The van der Waals surface area contributed by atoms with Gasteiger partial charge in [0.2, 0.25) is 5.91 Å². The molecule has 8 heteroatoms. The molecule has 0 radical (unpaired) electrons. The fourth-order valence-corrected chi connectivity index (χ4v) is 4.81. The zero-order valence-corrected chi connectivity index (χ0v) is 18.5. The molecule has 0 spiro atoms. The molecule has 156 valence electrons. The Morgan fingerprint density at radius 2 is 1.81 bits per heavy atom. The largest absolute Gasteiger partial charge is 0.295 e. The molecular formula is C23H17Cl2N3O2S. The number of nitrogens with one attached hydrogen (secondary N) is 1. The summed E-state index contributed by atoms with van der Waals surface area (Å²) in [5.41, 5.74) is 5.36. The van der Waals surface area contributed by atoms with Gasteiger partial charge < -0.3 is 0 Å². The van der Waals surface area contributed by atoms with Crippen LogP contribution in [0.5, 0.6) is 0 Å². The van der Waals surface area contributed by atoms with E-state index in [1.807, 2.05) is 30.3 Å². The van der Waals surface area contributed by atoms with E-state index in [4.69, 9.17) is 23.2 Å². The van der Waals surface area contributed by atoms with Crippen molar-refractivity contribution in [1.82, 2.24) is 5.43 Å². The minimum absolute atomic E-state index is 0.0421. The Bertz CT molecular complexity index is 1140. The van der Waals surface area contributed by atoms with Crippen LogP contribution < -0.4 is 10.3 Å². The minimum atomic E-state index is -0.366. The van der Waals surface area contributed by atoms with Gasteiger partial charge in [-0.3, -0.25) is 14.5 Å². The molecule has 31 heavy (non-hydrogen) atoms. The lowest BCUT2D eigenvalue weighted by Gasteiger charge is -2.24. The van der Waals surface area contributed by atoms with Crippen molar-refractivity contribution in [1.29, 1.82) is 0 Å². The van der Waals surface area contributed by atoms with Crippen molar-refractivity contribution in [3.05, 3.63) is 99.5 Å². The highest BCUT2D eigenvalue weighted by molar-refractivity contribution is 8.00. The van der Waals surface area contributed by atoms with E-state index in [1.165, 1.54) is 6.21 Å². The molecule has 4 rings (SSSR count). The average molecular weight is 470 g/mol. The topological polar surface area (TPSA) is 61.8 Å². The number of halogens is 2. The lowest BCUT2D eigenvalue weighted by atomic mass is 10.1. The number of carbonyl (C=O) groups excluding carboxylic acids is 2. The first-order valence-corrected chi connectivity index (χ1v) is 11.2. The molecule has 1 saturated heterocycles. The van der Waals surface area contributed by atoms with Crippen LogP contribution in [-0.4, -0.2) is 23.8 Å². The number of hydrogen-bond acceptors (Lipinski definition) is 4. The second kappa shape index (κ2) is 9.56. The summed E-state index contributed by atoms with van der Waals surface area (Å²) < 4.78 is 0. The summed E-state index contributed by atoms with van der Waals surface area (Å²) in [6.45, 7) is 0. The first-order chi connectivity index (χ1) is 15.0. The molecule has 0 aliphatic carbocycles. The minimum Gasteiger partial charge on any atom is -0.295 e. The Balaban J connectivity index is 1.45. The van der Waals surface area contributed by atoms with Crippen molar-refractivity contribution in [2.24, 2.45) is 5.10 Å². The van der Waals surface area contributed by atoms with E-state index in [9.17, 15) is 9.59 Å². The molecule has 5 nitrogen and oxygen atoms in total. The van der Waals surface area contributed by atoms with Gasteiger partial charge in [-0.2, -0.15) is 5.10 Å². The summed E-state index contributed by atoms with van der Waals surface area (Å²) in [6.07, 6.45) is 1.45. The van der Waals surface area contributed by atoms with Gasteiger partial charge in [-0.1, -0.05) is 59.6 Å². The van der Waals surface area contributed by atoms with Gasteiger partial charge in [-0.25, -0.2) is 5.43 Å². The molecule has 1 atom stereocenters. The molecule has 0 unspecified atom stereocenters. The van der Waals surface area contributed by atoms with E-state index < -0.39 is 0 Å². The van der Waals surface area contributed by atoms with Gasteiger partial charge in [0.15, 0.2) is 0 Å². The molecule has 1 N–H and O–H groups in total. The van der Waals surface area contributed by atoms with Gasteiger partial charge in [0.25, 0.3) is 5.91 Å². The second-order valence-electron chi connectivity index (χ2n) is 6.75. The summed E-state index contributed by atoms with van der Waals surface area (Å²) in [6, 6.07) is 21.8. The second-order valence-corrected chi connectivity index (χ2v) is 8.66. The van der Waals surface area contributed by atoms with E-state index >= 15 is 0 Å². The number of hydrogen-bond donors (Lipinski definition) is 1. The van der Waals surface area contributed by atoms with E-state index in [1.54, 1.807) is 59.1 Å². The van der Waals surface area contributed by atoms with Crippen molar-refractivity contribution in [2.75, 3.05) is 10.7 Å². The van der Waals surface area contributed by atoms with Gasteiger partial charge in [-0.15, -0.1) is 11.8 Å². The molecule has 1 fully saturated rings. The summed E-state index contributed by atoms with van der Waals surface area (Å²) in [5, 5.41) is 4.84. The van der Waals surface area contributed by atoms with Crippen LogP contribution in [0.15, 0.2) is 77.9 Å². The highest BCUT2D eigenvalue weighted by Gasteiger charge is 2.33. The number of thioether (sulfide) groups is 1. The summed E-state index contributed by atoms with van der Waals surface area (Å²) in [4.78, 5) is 26.6. The quantitative estimate of drug-likeness (QED) is 0.394. The Kier molecular flexibility index (Phi) is 6.61. The first kappa shape index (κ1) is 21.4. The van der Waals surface area contributed by atoms with Gasteiger partial charge in [0.05, 0.1) is 17.0 Å². The predicted molar refractivity (Wildman–Crippen MR) is 127 cm³/mol. The summed E-state index contributed by atoms with van der Waals surface area (Å²) in [7, 11) is 0. The third-order valence-corrected chi connectivity index (χ3v) is 6.47. The van der Waals surface area contributed by atoms with Crippen molar-refractivity contribution in [3.8, 4) is 0 Å². The van der Waals surface area contributed by atoms with E-state index in [-0.39, 0.29) is 17.2 Å². The number of nitrogens with zero attached hydrogens (tertiary/aromatic N) is 2. The Hall–Kier alpha value is -2.80. The number of anilines is 1. The predicted octanol–water partition coefficient (Wildman–Crippen LogP) is 5.54. The van der Waals surface area contributed by atoms with Gasteiger partial charge in [-0.05, 0) is 42.0 Å². The van der Waals surface area contributed by atoms with E-state index in [0.29, 0.717) is 26.9 Å². The number of amides is 2. The Morgan fingerprint density at radius 1 is 1.06 bits per heavy atom. The smallest absolute Gasteiger partial charge is 0.271 e. The maximum atomic E-state index is 12.5. The van der Waals surface area contributed by atoms with Crippen molar-refractivity contribution in [2.45, 2.75) is 5.37 Å². The lowest BCUT2D eigenvalue weighted by molar-refractivity contribution is -0.115. The number of hydrazone groups is 1. The average Bonchev–Trinajstić information content (AvgIpc) is 3.17. The van der Waals surface area contributed by atoms with Crippen LogP contribution in [0.25, 0.3) is 0 Å². The van der Waals surface area contributed by atoms with E-state index in [0.717, 1.165) is 11.3 Å². The third-order valence-electron chi connectivity index (χ3n) is 4.69. The van der Waals surface area contributed by atoms with Crippen LogP contribution >= 0.6 is 35.0 Å². The Labute approximate surface area is 194 Å². The maximum Gasteiger partial charge on any atom is 0.271 e. The molecule has 2 amide bonds. The van der Waals surface area contributed by atoms with Crippen LogP contribution in [0.1, 0.15) is 26.9 Å². The van der Waals surface area contributed by atoms with Crippen LogP contribution in [-0.2, 0) is 4.79 Å². The SMILES string of the molecule is O=C(N/N=C\c1ccc(Cl)cc1Cl)c1ccc(N2C(=O)CS[C@H]2c2ccccc2)cc1. The van der Waals surface area contributed by atoms with E-state index in [2.05, 4.69) is 10.5 Å². The third kappa shape index (κ3) is 4.93. The zero-order valence-electron chi connectivity index (χ0n) is 16.2. The van der Waals surface area contributed by atoms with Crippen LogP contribution in [0.2, 0.25) is 10.0 Å². The Morgan fingerprint density at radius 3 is 2.52 bits per heavy atom. The normalized spacial score (nSPS) is 16.1. The monoisotopic (exact) mass is 469 g/mol. The van der Waals surface area contributed by atoms with Crippen molar-refractivity contribution in [3.63, 3.8) is 0 Å². The van der Waals surface area contributed by atoms with Gasteiger partial charge >= 0.3 is 0 Å². The molecule has 0 saturated carbocycles. The van der Waals surface area contributed by atoms with Gasteiger partial charge in [0.1, 0.15) is 5.37 Å². The molecule has 3 aromatic rings. The van der Waals surface area contributed by atoms with Crippen LogP contribution in [0.4, 0.5) is 5.69 Å². The maximum absolute atomic E-state index is 12.5. The van der Waals surface area contributed by atoms with Crippen LogP contribution in [0.3, 0.4) is 0 Å². The highest BCUT2D eigenvalue weighted by atomic mass is 35.5. The molecule has 0 aromatic heterocycles. The van der Waals surface area contributed by atoms with Gasteiger partial charge in [0, 0.05) is 21.8 Å². The first-order valence-electron chi connectivity index (χ1n) is 9.40. The van der Waals surface area contributed by atoms with Crippen LogP contribution in [0, 0.1) is 0 Å². The number of rotatable bonds is 5. The highest BCUT2D eigenvalue weighted by Crippen LogP contribution is 2.41. The van der Waals surface area contributed by atoms with Crippen molar-refractivity contribution >= 4 is 58.7 Å².